The van der Waals surface area contributed by atoms with Crippen molar-refractivity contribution in [3.63, 3.8) is 0 Å². The van der Waals surface area contributed by atoms with Gasteiger partial charge in [0, 0.05) is 31.5 Å². The fourth-order valence-corrected chi connectivity index (χ4v) is 2.53. The van der Waals surface area contributed by atoms with Crippen LogP contribution in [0, 0.1) is 0 Å². The number of hydrogen-bond acceptors (Lipinski definition) is 4. The summed E-state index contributed by atoms with van der Waals surface area (Å²) in [6.45, 7) is 3.43. The number of aromatic nitrogens is 5. The Hall–Kier alpha value is -2.96. The van der Waals surface area contributed by atoms with E-state index in [1.165, 1.54) is 5.56 Å². The lowest BCUT2D eigenvalue weighted by Crippen LogP contribution is -2.33. The van der Waals surface area contributed by atoms with Crippen molar-refractivity contribution in [2.75, 3.05) is 0 Å². The van der Waals surface area contributed by atoms with Gasteiger partial charge in [-0.2, -0.15) is 5.10 Å². The van der Waals surface area contributed by atoms with Crippen molar-refractivity contribution in [2.24, 2.45) is 0 Å². The molecule has 7 heteroatoms. The minimum atomic E-state index is -0.195. The smallest absolute Gasteiger partial charge is 0.273 e. The zero-order valence-corrected chi connectivity index (χ0v) is 14.2. The van der Waals surface area contributed by atoms with Crippen LogP contribution in [0.1, 0.15) is 29.4 Å². The van der Waals surface area contributed by atoms with E-state index in [1.54, 1.807) is 17.1 Å². The summed E-state index contributed by atoms with van der Waals surface area (Å²) in [7, 11) is 0. The summed E-state index contributed by atoms with van der Waals surface area (Å²) in [5.41, 5.74) is 1.58. The molecule has 0 saturated heterocycles. The molecule has 0 saturated carbocycles. The van der Waals surface area contributed by atoms with Gasteiger partial charge in [0.25, 0.3) is 5.91 Å². The number of nitrogens with one attached hydrogen (secondary N) is 1. The van der Waals surface area contributed by atoms with Gasteiger partial charge in [-0.1, -0.05) is 35.5 Å². The van der Waals surface area contributed by atoms with Crippen molar-refractivity contribution in [1.82, 2.24) is 30.1 Å². The molecule has 1 aromatic carbocycles. The highest BCUT2D eigenvalue weighted by Crippen LogP contribution is 2.03. The zero-order chi connectivity index (χ0) is 17.5. The maximum atomic E-state index is 12.3. The molecule has 0 unspecified atom stereocenters. The predicted molar refractivity (Wildman–Crippen MR) is 93.9 cm³/mol. The molecule has 0 aliphatic carbocycles. The van der Waals surface area contributed by atoms with E-state index in [4.69, 9.17) is 0 Å². The Bertz CT molecular complexity index is 781. The largest absolute Gasteiger partial charge is 0.348 e. The monoisotopic (exact) mass is 338 g/mol. The third-order valence-corrected chi connectivity index (χ3v) is 3.97. The second-order valence-electron chi connectivity index (χ2n) is 6.03. The van der Waals surface area contributed by atoms with Crippen LogP contribution in [0.2, 0.25) is 0 Å². The van der Waals surface area contributed by atoms with Crippen LogP contribution in [-0.4, -0.2) is 36.7 Å². The highest BCUT2D eigenvalue weighted by Gasteiger charge is 2.13. The van der Waals surface area contributed by atoms with Crippen LogP contribution in [0.15, 0.2) is 55.0 Å². The first-order valence-corrected chi connectivity index (χ1v) is 8.43. The van der Waals surface area contributed by atoms with Gasteiger partial charge in [-0.15, -0.1) is 5.10 Å². The van der Waals surface area contributed by atoms with E-state index in [0.29, 0.717) is 12.2 Å². The Morgan fingerprint density at radius 1 is 1.16 bits per heavy atom. The lowest BCUT2D eigenvalue weighted by atomic mass is 10.1. The molecule has 0 aliphatic heterocycles. The van der Waals surface area contributed by atoms with Gasteiger partial charge in [-0.25, -0.2) is 0 Å². The minimum absolute atomic E-state index is 0.0335. The highest BCUT2D eigenvalue weighted by atomic mass is 16.2. The van der Waals surface area contributed by atoms with Crippen LogP contribution in [0.5, 0.6) is 0 Å². The van der Waals surface area contributed by atoms with Crippen LogP contribution in [0.3, 0.4) is 0 Å². The Morgan fingerprint density at radius 2 is 2.00 bits per heavy atom. The molecular formula is C18H22N6O. The molecule has 0 fully saturated rings. The maximum Gasteiger partial charge on any atom is 0.273 e. The fourth-order valence-electron chi connectivity index (χ4n) is 2.53. The standard InChI is InChI=1S/C18H22N6O/c1-15(8-12-23-11-5-10-19-23)20-18(25)17-14-24(22-21-17)13-9-16-6-3-2-4-7-16/h2-7,10-11,14-15H,8-9,12-13H2,1H3,(H,20,25)/t15-/m1/s1. The summed E-state index contributed by atoms with van der Waals surface area (Å²) >= 11 is 0. The summed E-state index contributed by atoms with van der Waals surface area (Å²) in [6.07, 6.45) is 7.00. The zero-order valence-electron chi connectivity index (χ0n) is 14.2. The average molecular weight is 338 g/mol. The van der Waals surface area contributed by atoms with E-state index in [0.717, 1.165) is 19.4 Å². The quantitative estimate of drug-likeness (QED) is 0.681. The molecule has 1 amide bonds. The van der Waals surface area contributed by atoms with Gasteiger partial charge in [-0.3, -0.25) is 14.2 Å². The molecule has 3 rings (SSSR count). The van der Waals surface area contributed by atoms with E-state index >= 15 is 0 Å². The summed E-state index contributed by atoms with van der Waals surface area (Å²) in [5, 5.41) is 15.1. The van der Waals surface area contributed by atoms with Gasteiger partial charge in [0.15, 0.2) is 5.69 Å². The summed E-state index contributed by atoms with van der Waals surface area (Å²) in [4.78, 5) is 12.3. The summed E-state index contributed by atoms with van der Waals surface area (Å²) < 4.78 is 3.55. The third kappa shape index (κ3) is 5.00. The van der Waals surface area contributed by atoms with E-state index in [2.05, 4.69) is 32.9 Å². The van der Waals surface area contributed by atoms with Crippen molar-refractivity contribution >= 4 is 5.91 Å². The molecule has 7 nitrogen and oxygen atoms in total. The van der Waals surface area contributed by atoms with Gasteiger partial charge in [0.05, 0.1) is 6.20 Å². The molecule has 3 aromatic rings. The van der Waals surface area contributed by atoms with Crippen LogP contribution in [0.25, 0.3) is 0 Å². The molecule has 2 aromatic heterocycles. The van der Waals surface area contributed by atoms with Crippen LogP contribution in [0.4, 0.5) is 0 Å². The lowest BCUT2D eigenvalue weighted by molar-refractivity contribution is 0.0932. The Kier molecular flexibility index (Phi) is 5.56. The van der Waals surface area contributed by atoms with Crippen LogP contribution >= 0.6 is 0 Å². The normalized spacial score (nSPS) is 12.0. The highest BCUT2D eigenvalue weighted by molar-refractivity contribution is 5.92. The molecule has 1 atom stereocenters. The first-order chi connectivity index (χ1) is 12.2. The number of rotatable bonds is 8. The Morgan fingerprint density at radius 3 is 2.76 bits per heavy atom. The van der Waals surface area contributed by atoms with E-state index < -0.39 is 0 Å². The fraction of sp³-hybridized carbons (Fsp3) is 0.333. The number of hydrogen-bond donors (Lipinski definition) is 1. The number of amides is 1. The first kappa shape index (κ1) is 16.9. The minimum Gasteiger partial charge on any atom is -0.348 e. The van der Waals surface area contributed by atoms with Crippen molar-refractivity contribution in [1.29, 1.82) is 0 Å². The molecule has 25 heavy (non-hydrogen) atoms. The number of aryl methyl sites for hydroxylation is 3. The number of nitrogens with zero attached hydrogens (tertiary/aromatic N) is 5. The van der Waals surface area contributed by atoms with Gasteiger partial charge in [0.2, 0.25) is 0 Å². The number of carbonyl (C=O) groups is 1. The van der Waals surface area contributed by atoms with Gasteiger partial charge < -0.3 is 5.32 Å². The maximum absolute atomic E-state index is 12.3. The van der Waals surface area contributed by atoms with Crippen LogP contribution < -0.4 is 5.32 Å². The van der Waals surface area contributed by atoms with Crippen molar-refractivity contribution < 1.29 is 4.79 Å². The predicted octanol–water partition coefficient (Wildman–Crippen LogP) is 1.93. The van der Waals surface area contributed by atoms with Crippen LogP contribution in [-0.2, 0) is 19.5 Å². The second-order valence-corrected chi connectivity index (χ2v) is 6.03. The molecule has 0 radical (unpaired) electrons. The Labute approximate surface area is 146 Å². The molecular weight excluding hydrogens is 316 g/mol. The third-order valence-electron chi connectivity index (χ3n) is 3.97. The summed E-state index contributed by atoms with van der Waals surface area (Å²) in [6, 6.07) is 12.1. The van der Waals surface area contributed by atoms with Gasteiger partial charge >= 0.3 is 0 Å². The van der Waals surface area contributed by atoms with E-state index in [-0.39, 0.29) is 11.9 Å². The first-order valence-electron chi connectivity index (χ1n) is 8.43. The number of carbonyl (C=O) groups excluding carboxylic acids is 1. The molecule has 0 spiro atoms. The molecule has 0 bridgehead atoms. The number of benzene rings is 1. The van der Waals surface area contributed by atoms with Gasteiger partial charge in [-0.05, 0) is 31.4 Å². The van der Waals surface area contributed by atoms with Crippen molar-refractivity contribution in [3.05, 3.63) is 66.2 Å². The van der Waals surface area contributed by atoms with Crippen molar-refractivity contribution in [2.45, 2.75) is 38.9 Å². The van der Waals surface area contributed by atoms with Crippen molar-refractivity contribution in [3.8, 4) is 0 Å². The second kappa shape index (κ2) is 8.23. The van der Waals surface area contributed by atoms with E-state index in [9.17, 15) is 4.79 Å². The molecule has 2 heterocycles. The molecule has 1 N–H and O–H groups in total. The van der Waals surface area contributed by atoms with Gasteiger partial charge in [0.1, 0.15) is 0 Å². The topological polar surface area (TPSA) is 77.6 Å². The SMILES string of the molecule is C[C@H](CCn1cccn1)NC(=O)c1cn(CCc2ccccc2)nn1. The Balaban J connectivity index is 1.46. The average Bonchev–Trinajstić information content (AvgIpc) is 3.31. The molecule has 130 valence electrons. The lowest BCUT2D eigenvalue weighted by Gasteiger charge is -2.12. The summed E-state index contributed by atoms with van der Waals surface area (Å²) in [5.74, 6) is -0.195. The van der Waals surface area contributed by atoms with E-state index in [1.807, 2.05) is 42.1 Å². The molecule has 0 aliphatic rings.